The number of thiazole rings is 1. The van der Waals surface area contributed by atoms with E-state index in [2.05, 4.69) is 34.4 Å². The monoisotopic (exact) mass is 297 g/mol. The second-order valence-corrected chi connectivity index (χ2v) is 6.93. The first-order valence-electron chi connectivity index (χ1n) is 7.52. The fourth-order valence-corrected chi connectivity index (χ4v) is 3.83. The van der Waals surface area contributed by atoms with Crippen LogP contribution in [0, 0.1) is 5.92 Å². The molecular weight excluding hydrogens is 270 g/mol. The van der Waals surface area contributed by atoms with E-state index in [9.17, 15) is 0 Å². The van der Waals surface area contributed by atoms with Crippen molar-refractivity contribution in [2.75, 3.05) is 39.9 Å². The van der Waals surface area contributed by atoms with Crippen molar-refractivity contribution < 1.29 is 4.74 Å². The van der Waals surface area contributed by atoms with Crippen LogP contribution in [0.15, 0.2) is 11.6 Å². The highest BCUT2D eigenvalue weighted by molar-refractivity contribution is 7.09. The minimum atomic E-state index is 0.0557. The van der Waals surface area contributed by atoms with Crippen molar-refractivity contribution in [1.29, 1.82) is 0 Å². The Bertz CT molecular complexity index is 372. The molecule has 20 heavy (non-hydrogen) atoms. The molecule has 2 heterocycles. The van der Waals surface area contributed by atoms with Crippen LogP contribution in [0.3, 0.4) is 0 Å². The predicted molar refractivity (Wildman–Crippen MR) is 84.2 cm³/mol. The van der Waals surface area contributed by atoms with Crippen molar-refractivity contribution in [2.24, 2.45) is 5.92 Å². The van der Waals surface area contributed by atoms with Crippen LogP contribution in [0.4, 0.5) is 0 Å². The number of nitrogens with zero attached hydrogens (tertiary/aromatic N) is 2. The molecule has 0 amide bonds. The van der Waals surface area contributed by atoms with Gasteiger partial charge in [-0.25, -0.2) is 4.98 Å². The summed E-state index contributed by atoms with van der Waals surface area (Å²) in [6.07, 6.45) is 4.19. The summed E-state index contributed by atoms with van der Waals surface area (Å²) < 4.78 is 5.18. The standard InChI is InChI=1S/C15H27N3OS/c1-13(2)12-18-8-4-15(5-9-18,17-6-10-19-3)14-16-7-11-20-14/h7,11,13,17H,4-6,8-10,12H2,1-3H3. The molecule has 0 bridgehead atoms. The molecule has 0 saturated carbocycles. The molecule has 0 aliphatic carbocycles. The predicted octanol–water partition coefficient (Wildman–Crippen LogP) is 2.33. The Labute approximate surface area is 126 Å². The number of hydrogen-bond donors (Lipinski definition) is 1. The highest BCUT2D eigenvalue weighted by atomic mass is 32.1. The van der Waals surface area contributed by atoms with Gasteiger partial charge in [-0.1, -0.05) is 13.8 Å². The summed E-state index contributed by atoms with van der Waals surface area (Å²) in [5, 5.41) is 7.02. The van der Waals surface area contributed by atoms with E-state index < -0.39 is 0 Å². The quantitative estimate of drug-likeness (QED) is 0.784. The zero-order valence-corrected chi connectivity index (χ0v) is 13.7. The average Bonchev–Trinajstić information content (AvgIpc) is 2.95. The number of likely N-dealkylation sites (tertiary alicyclic amines) is 1. The summed E-state index contributed by atoms with van der Waals surface area (Å²) in [5.41, 5.74) is 0.0557. The lowest BCUT2D eigenvalue weighted by molar-refractivity contribution is 0.112. The van der Waals surface area contributed by atoms with Gasteiger partial charge in [0, 0.05) is 44.9 Å². The van der Waals surface area contributed by atoms with Crippen LogP contribution in [-0.2, 0) is 10.3 Å². The molecule has 2 rings (SSSR count). The largest absolute Gasteiger partial charge is 0.383 e. The van der Waals surface area contributed by atoms with Gasteiger partial charge in [-0.3, -0.25) is 0 Å². The van der Waals surface area contributed by atoms with E-state index in [1.54, 1.807) is 18.4 Å². The van der Waals surface area contributed by atoms with Crippen molar-refractivity contribution in [2.45, 2.75) is 32.2 Å². The molecule has 114 valence electrons. The summed E-state index contributed by atoms with van der Waals surface area (Å²) in [6.45, 7) is 9.73. The summed E-state index contributed by atoms with van der Waals surface area (Å²) >= 11 is 1.77. The summed E-state index contributed by atoms with van der Waals surface area (Å²) in [4.78, 5) is 7.15. The van der Waals surface area contributed by atoms with Crippen molar-refractivity contribution in [3.8, 4) is 0 Å². The summed E-state index contributed by atoms with van der Waals surface area (Å²) in [5.74, 6) is 0.740. The smallest absolute Gasteiger partial charge is 0.113 e. The summed E-state index contributed by atoms with van der Waals surface area (Å²) in [7, 11) is 1.75. The van der Waals surface area contributed by atoms with Crippen LogP contribution < -0.4 is 5.32 Å². The molecule has 1 fully saturated rings. The van der Waals surface area contributed by atoms with Crippen molar-refractivity contribution in [3.63, 3.8) is 0 Å². The first kappa shape index (κ1) is 15.9. The van der Waals surface area contributed by atoms with Crippen LogP contribution in [-0.4, -0.2) is 49.8 Å². The fraction of sp³-hybridized carbons (Fsp3) is 0.800. The van der Waals surface area contributed by atoms with Gasteiger partial charge in [-0.05, 0) is 18.8 Å². The molecule has 1 aliphatic heterocycles. The second-order valence-electron chi connectivity index (χ2n) is 6.03. The number of piperidine rings is 1. The van der Waals surface area contributed by atoms with Crippen LogP contribution in [0.25, 0.3) is 0 Å². The maximum Gasteiger partial charge on any atom is 0.113 e. The number of nitrogens with one attached hydrogen (secondary N) is 1. The molecule has 4 nitrogen and oxygen atoms in total. The van der Waals surface area contributed by atoms with E-state index in [0.29, 0.717) is 0 Å². The molecular formula is C15H27N3OS. The molecule has 0 aromatic carbocycles. The van der Waals surface area contributed by atoms with E-state index in [-0.39, 0.29) is 5.54 Å². The minimum Gasteiger partial charge on any atom is -0.383 e. The zero-order chi connectivity index (χ0) is 14.4. The van der Waals surface area contributed by atoms with Gasteiger partial charge in [0.05, 0.1) is 12.1 Å². The third-order valence-electron chi connectivity index (χ3n) is 3.94. The maximum atomic E-state index is 5.18. The average molecular weight is 297 g/mol. The highest BCUT2D eigenvalue weighted by Crippen LogP contribution is 2.34. The second kappa shape index (κ2) is 7.50. The summed E-state index contributed by atoms with van der Waals surface area (Å²) in [6, 6.07) is 0. The Morgan fingerprint density at radius 2 is 2.20 bits per heavy atom. The molecule has 0 atom stereocenters. The minimum absolute atomic E-state index is 0.0557. The SMILES string of the molecule is COCCNC1(c2nccs2)CCN(CC(C)C)CC1. The normalized spacial score (nSPS) is 19.6. The van der Waals surface area contributed by atoms with Crippen LogP contribution >= 0.6 is 11.3 Å². The number of aromatic nitrogens is 1. The molecule has 5 heteroatoms. The molecule has 1 N–H and O–H groups in total. The van der Waals surface area contributed by atoms with Crippen LogP contribution in [0.2, 0.25) is 0 Å². The lowest BCUT2D eigenvalue weighted by Gasteiger charge is -2.41. The molecule has 0 unspecified atom stereocenters. The third kappa shape index (κ3) is 4.01. The van der Waals surface area contributed by atoms with Crippen LogP contribution in [0.5, 0.6) is 0 Å². The van der Waals surface area contributed by atoms with E-state index in [1.807, 2.05) is 6.20 Å². The third-order valence-corrected chi connectivity index (χ3v) is 4.92. The first-order chi connectivity index (χ1) is 9.66. The molecule has 1 aromatic rings. The Morgan fingerprint density at radius 1 is 1.45 bits per heavy atom. The van der Waals surface area contributed by atoms with Gasteiger partial charge in [-0.15, -0.1) is 11.3 Å². The number of methoxy groups -OCH3 is 1. The van der Waals surface area contributed by atoms with E-state index >= 15 is 0 Å². The van der Waals surface area contributed by atoms with Gasteiger partial charge in [0.25, 0.3) is 0 Å². The molecule has 0 radical (unpaired) electrons. The van der Waals surface area contributed by atoms with E-state index in [0.717, 1.165) is 45.0 Å². The lowest BCUT2D eigenvalue weighted by Crippen LogP contribution is -2.52. The molecule has 1 saturated heterocycles. The fourth-order valence-electron chi connectivity index (χ4n) is 2.95. The molecule has 1 aromatic heterocycles. The van der Waals surface area contributed by atoms with Gasteiger partial charge in [0.1, 0.15) is 5.01 Å². The number of rotatable bonds is 7. The van der Waals surface area contributed by atoms with Gasteiger partial charge in [-0.2, -0.15) is 0 Å². The Morgan fingerprint density at radius 3 is 2.75 bits per heavy atom. The van der Waals surface area contributed by atoms with Crippen molar-refractivity contribution in [3.05, 3.63) is 16.6 Å². The zero-order valence-electron chi connectivity index (χ0n) is 12.9. The topological polar surface area (TPSA) is 37.4 Å². The van der Waals surface area contributed by atoms with Gasteiger partial charge < -0.3 is 15.0 Å². The Kier molecular flexibility index (Phi) is 5.96. The Hall–Kier alpha value is -0.490. The first-order valence-corrected chi connectivity index (χ1v) is 8.40. The lowest BCUT2D eigenvalue weighted by atomic mass is 9.87. The van der Waals surface area contributed by atoms with Crippen LogP contribution in [0.1, 0.15) is 31.7 Å². The molecule has 0 spiro atoms. The van der Waals surface area contributed by atoms with E-state index in [4.69, 9.17) is 4.74 Å². The van der Waals surface area contributed by atoms with Crippen molar-refractivity contribution >= 4 is 11.3 Å². The number of hydrogen-bond acceptors (Lipinski definition) is 5. The van der Waals surface area contributed by atoms with Crippen molar-refractivity contribution in [1.82, 2.24) is 15.2 Å². The van der Waals surface area contributed by atoms with E-state index in [1.165, 1.54) is 11.6 Å². The Balaban J connectivity index is 1.99. The van der Waals surface area contributed by atoms with Gasteiger partial charge in [0.2, 0.25) is 0 Å². The number of ether oxygens (including phenoxy) is 1. The maximum absolute atomic E-state index is 5.18. The highest BCUT2D eigenvalue weighted by Gasteiger charge is 2.37. The molecule has 1 aliphatic rings. The van der Waals surface area contributed by atoms with Gasteiger partial charge in [0.15, 0.2) is 0 Å². The van der Waals surface area contributed by atoms with Gasteiger partial charge >= 0.3 is 0 Å².